The van der Waals surface area contributed by atoms with Crippen LogP contribution in [0.25, 0.3) is 0 Å². The van der Waals surface area contributed by atoms with Gasteiger partial charge in [0.25, 0.3) is 5.91 Å². The third-order valence-electron chi connectivity index (χ3n) is 5.89. The van der Waals surface area contributed by atoms with Crippen LogP contribution in [0, 0.1) is 0 Å². The molecule has 0 unspecified atom stereocenters. The number of nitrogens with zero attached hydrogens (tertiary/aromatic N) is 1. The fraction of sp³-hybridized carbons (Fsp3) is 0.207. The number of hydrogen-bond donors (Lipinski definition) is 1. The number of carbonyl (C=O) groups excluding carboxylic acids is 1. The van der Waals surface area contributed by atoms with E-state index in [1.165, 1.54) is 0 Å². The Morgan fingerprint density at radius 1 is 0.730 bits per heavy atom. The highest BCUT2D eigenvalue weighted by atomic mass is 32.2. The van der Waals surface area contributed by atoms with E-state index in [9.17, 15) is 4.79 Å². The lowest BCUT2D eigenvalue weighted by Crippen LogP contribution is -2.27. The zero-order valence-electron chi connectivity index (χ0n) is 21.1. The second-order valence-electron chi connectivity index (χ2n) is 8.28. The van der Waals surface area contributed by atoms with E-state index in [-0.39, 0.29) is 11.6 Å². The van der Waals surface area contributed by atoms with E-state index < -0.39 is 0 Å². The van der Waals surface area contributed by atoms with E-state index in [0.717, 1.165) is 50.3 Å². The quantitative estimate of drug-likeness (QED) is 0.327. The van der Waals surface area contributed by atoms with Gasteiger partial charge in [-0.2, -0.15) is 0 Å². The Morgan fingerprint density at radius 2 is 1.19 bits per heavy atom. The summed E-state index contributed by atoms with van der Waals surface area (Å²) in [6.07, 6.45) is 0. The van der Waals surface area contributed by atoms with Crippen LogP contribution >= 0.6 is 23.5 Å². The maximum Gasteiger partial charge on any atom is 0.275 e. The Bertz CT molecular complexity index is 1270. The predicted molar refractivity (Wildman–Crippen MR) is 151 cm³/mol. The highest BCUT2D eigenvalue weighted by molar-refractivity contribution is 8.03. The second kappa shape index (κ2) is 12.7. The van der Waals surface area contributed by atoms with Gasteiger partial charge in [-0.05, 0) is 58.5 Å². The molecule has 37 heavy (non-hydrogen) atoms. The van der Waals surface area contributed by atoms with Crippen LogP contribution in [0.1, 0.15) is 16.7 Å². The van der Waals surface area contributed by atoms with E-state index in [1.807, 2.05) is 78.2 Å². The van der Waals surface area contributed by atoms with Gasteiger partial charge >= 0.3 is 0 Å². The van der Waals surface area contributed by atoms with Gasteiger partial charge in [-0.15, -0.1) is 23.5 Å². The average molecular weight is 535 g/mol. The summed E-state index contributed by atoms with van der Waals surface area (Å²) < 4.78 is 15.8. The minimum absolute atomic E-state index is 0.177. The molecule has 0 saturated heterocycles. The lowest BCUT2D eigenvalue weighted by molar-refractivity contribution is -0.124. The van der Waals surface area contributed by atoms with E-state index in [1.54, 1.807) is 49.8 Å². The molecule has 0 aliphatic carbocycles. The van der Waals surface area contributed by atoms with Crippen LogP contribution in [0.15, 0.2) is 94.5 Å². The van der Waals surface area contributed by atoms with Crippen molar-refractivity contribution in [2.24, 2.45) is 5.73 Å². The van der Waals surface area contributed by atoms with Crippen molar-refractivity contribution in [2.45, 2.75) is 18.1 Å². The molecule has 3 aromatic carbocycles. The highest BCUT2D eigenvalue weighted by Crippen LogP contribution is 2.39. The number of methoxy groups -OCH3 is 3. The molecular weight excluding hydrogens is 504 g/mol. The third-order valence-corrected chi connectivity index (χ3v) is 7.97. The molecule has 1 heterocycles. The van der Waals surface area contributed by atoms with Crippen molar-refractivity contribution < 1.29 is 19.0 Å². The Hall–Kier alpha value is -3.49. The first-order valence-corrected chi connectivity index (χ1v) is 13.7. The zero-order valence-corrected chi connectivity index (χ0v) is 22.7. The van der Waals surface area contributed by atoms with Gasteiger partial charge in [0, 0.05) is 11.5 Å². The first-order chi connectivity index (χ1) is 18.0. The minimum atomic E-state index is -0.177. The molecule has 1 amide bonds. The van der Waals surface area contributed by atoms with Gasteiger partial charge in [0.05, 0.1) is 38.5 Å². The SMILES string of the molecule is COc1ccc(CS/C=C2/C(SCc3ccc(OC)cc3)=C(N)C(=O)N2Cc2ccc(OC)cc2)cc1. The van der Waals surface area contributed by atoms with Gasteiger partial charge in [0.2, 0.25) is 0 Å². The summed E-state index contributed by atoms with van der Waals surface area (Å²) in [5.41, 5.74) is 10.8. The molecule has 1 aliphatic heterocycles. The summed E-state index contributed by atoms with van der Waals surface area (Å²) in [5, 5.41) is 2.04. The van der Waals surface area contributed by atoms with Crippen LogP contribution in [-0.4, -0.2) is 32.1 Å². The fourth-order valence-corrected chi connectivity index (χ4v) is 5.78. The molecule has 0 fully saturated rings. The van der Waals surface area contributed by atoms with Crippen molar-refractivity contribution in [3.8, 4) is 17.2 Å². The monoisotopic (exact) mass is 534 g/mol. The predicted octanol–water partition coefficient (Wildman–Crippen LogP) is 5.93. The second-order valence-corrected chi connectivity index (χ2v) is 10.1. The van der Waals surface area contributed by atoms with Crippen molar-refractivity contribution in [1.29, 1.82) is 0 Å². The van der Waals surface area contributed by atoms with Gasteiger partial charge in [-0.25, -0.2) is 0 Å². The summed E-state index contributed by atoms with van der Waals surface area (Å²) in [7, 11) is 4.94. The van der Waals surface area contributed by atoms with Crippen LogP contribution in [0.2, 0.25) is 0 Å². The van der Waals surface area contributed by atoms with Crippen molar-refractivity contribution in [3.63, 3.8) is 0 Å². The van der Waals surface area contributed by atoms with Gasteiger partial charge in [-0.1, -0.05) is 36.4 Å². The number of amides is 1. The number of ether oxygens (including phenoxy) is 3. The van der Waals surface area contributed by atoms with Crippen LogP contribution in [0.3, 0.4) is 0 Å². The van der Waals surface area contributed by atoms with Crippen molar-refractivity contribution in [1.82, 2.24) is 4.90 Å². The van der Waals surface area contributed by atoms with Crippen molar-refractivity contribution >= 4 is 29.4 Å². The lowest BCUT2D eigenvalue weighted by Gasteiger charge is -2.20. The van der Waals surface area contributed by atoms with Crippen LogP contribution in [-0.2, 0) is 22.8 Å². The Morgan fingerprint density at radius 3 is 1.68 bits per heavy atom. The first-order valence-electron chi connectivity index (χ1n) is 11.7. The smallest absolute Gasteiger partial charge is 0.275 e. The molecule has 0 aromatic heterocycles. The maximum absolute atomic E-state index is 13.3. The summed E-state index contributed by atoms with van der Waals surface area (Å²) in [5.74, 6) is 3.68. The minimum Gasteiger partial charge on any atom is -0.497 e. The summed E-state index contributed by atoms with van der Waals surface area (Å²) >= 11 is 3.21. The van der Waals surface area contributed by atoms with E-state index >= 15 is 0 Å². The maximum atomic E-state index is 13.3. The largest absolute Gasteiger partial charge is 0.497 e. The Kier molecular flexibility index (Phi) is 9.09. The standard InChI is InChI=1S/C29H30N2O4S2/c1-33-23-10-4-20(5-11-23)16-31-26(19-36-17-21-6-12-24(34-2)13-7-21)28(27(30)29(31)32)37-18-22-8-14-25(35-3)15-9-22/h4-15,19H,16-18,30H2,1-3H3/b26-19-. The number of carbonyl (C=O) groups is 1. The number of benzene rings is 3. The molecule has 3 aromatic rings. The van der Waals surface area contributed by atoms with E-state index in [2.05, 4.69) is 0 Å². The molecule has 192 valence electrons. The van der Waals surface area contributed by atoms with Gasteiger partial charge in [-0.3, -0.25) is 4.79 Å². The molecule has 0 bridgehead atoms. The number of thioether (sulfide) groups is 2. The normalized spacial score (nSPS) is 14.4. The number of rotatable bonds is 11. The molecule has 0 spiro atoms. The molecule has 6 nitrogen and oxygen atoms in total. The lowest BCUT2D eigenvalue weighted by atomic mass is 10.2. The van der Waals surface area contributed by atoms with Crippen LogP contribution in [0.4, 0.5) is 0 Å². The molecule has 0 saturated carbocycles. The molecule has 0 atom stereocenters. The van der Waals surface area contributed by atoms with E-state index in [0.29, 0.717) is 12.3 Å². The summed E-state index contributed by atoms with van der Waals surface area (Å²) in [4.78, 5) is 15.8. The Balaban J connectivity index is 1.55. The van der Waals surface area contributed by atoms with Gasteiger partial charge in [0.1, 0.15) is 22.9 Å². The van der Waals surface area contributed by atoms with E-state index in [4.69, 9.17) is 19.9 Å². The zero-order chi connectivity index (χ0) is 26.2. The molecule has 8 heteroatoms. The number of nitrogens with two attached hydrogens (primary N) is 1. The highest BCUT2D eigenvalue weighted by Gasteiger charge is 2.34. The first kappa shape index (κ1) is 26.6. The number of hydrogen-bond acceptors (Lipinski definition) is 7. The van der Waals surface area contributed by atoms with Crippen LogP contribution in [0.5, 0.6) is 17.2 Å². The molecular formula is C29H30N2O4S2. The Labute approximate surface area is 226 Å². The third kappa shape index (κ3) is 6.64. The van der Waals surface area contributed by atoms with Crippen molar-refractivity contribution in [2.75, 3.05) is 21.3 Å². The molecule has 1 aliphatic rings. The average Bonchev–Trinajstić information content (AvgIpc) is 3.16. The molecule has 4 rings (SSSR count). The molecule has 2 N–H and O–H groups in total. The summed E-state index contributed by atoms with van der Waals surface area (Å²) in [6, 6.07) is 23.6. The van der Waals surface area contributed by atoms with Crippen molar-refractivity contribution in [3.05, 3.63) is 111 Å². The van der Waals surface area contributed by atoms with Gasteiger partial charge < -0.3 is 24.8 Å². The van der Waals surface area contributed by atoms with Gasteiger partial charge in [0.15, 0.2) is 0 Å². The summed E-state index contributed by atoms with van der Waals surface area (Å²) in [6.45, 7) is 0.422. The molecule has 0 radical (unpaired) electrons. The van der Waals surface area contributed by atoms with Crippen LogP contribution < -0.4 is 19.9 Å². The topological polar surface area (TPSA) is 74.0 Å². The fourth-order valence-electron chi connectivity index (χ4n) is 3.77.